The van der Waals surface area contributed by atoms with Gasteiger partial charge in [-0.2, -0.15) is 0 Å². The summed E-state index contributed by atoms with van der Waals surface area (Å²) in [5.41, 5.74) is 2.80. The number of hydrogen-bond donors (Lipinski definition) is 0. The summed E-state index contributed by atoms with van der Waals surface area (Å²) in [6, 6.07) is 13.6. The molecule has 0 radical (unpaired) electrons. The standard InChI is InChI=1S/C22H24O4/c1-5-26-21(23)22(16-9-7-6-8-10-16)12-11-15(2)17-13-19(24-3)20(25-4)14-18(17)22/h6-10,13-14H,2,5,11-12H2,1,3-4H3. The van der Waals surface area contributed by atoms with Crippen LogP contribution in [0.25, 0.3) is 5.57 Å². The number of benzene rings is 2. The first-order valence-electron chi connectivity index (χ1n) is 8.75. The molecule has 1 aliphatic rings. The Morgan fingerprint density at radius 2 is 1.77 bits per heavy atom. The summed E-state index contributed by atoms with van der Waals surface area (Å²) in [7, 11) is 3.20. The first-order valence-corrected chi connectivity index (χ1v) is 8.75. The van der Waals surface area contributed by atoms with Crippen LogP contribution in [0, 0.1) is 0 Å². The van der Waals surface area contributed by atoms with Crippen LogP contribution in [0.1, 0.15) is 36.5 Å². The van der Waals surface area contributed by atoms with Crippen LogP contribution in [0.2, 0.25) is 0 Å². The largest absolute Gasteiger partial charge is 0.493 e. The van der Waals surface area contributed by atoms with Gasteiger partial charge in [-0.1, -0.05) is 36.9 Å². The van der Waals surface area contributed by atoms with Crippen LogP contribution in [-0.2, 0) is 14.9 Å². The molecule has 0 heterocycles. The summed E-state index contributed by atoms with van der Waals surface area (Å²) in [4.78, 5) is 13.2. The Labute approximate surface area is 154 Å². The zero-order chi connectivity index (χ0) is 18.7. The van der Waals surface area contributed by atoms with Crippen LogP contribution in [-0.4, -0.2) is 26.8 Å². The SMILES string of the molecule is C=C1CCC(C(=O)OCC)(c2ccccc2)c2cc(OC)c(OC)cc21. The first kappa shape index (κ1) is 18.1. The molecule has 2 aromatic rings. The van der Waals surface area contributed by atoms with Gasteiger partial charge in [0.2, 0.25) is 0 Å². The molecule has 0 N–H and O–H groups in total. The van der Waals surface area contributed by atoms with Crippen LogP contribution in [0.5, 0.6) is 11.5 Å². The number of carbonyl (C=O) groups excluding carboxylic acids is 1. The maximum absolute atomic E-state index is 13.2. The molecule has 136 valence electrons. The number of carbonyl (C=O) groups is 1. The highest BCUT2D eigenvalue weighted by atomic mass is 16.5. The normalized spacial score (nSPS) is 18.8. The van der Waals surface area contributed by atoms with Crippen molar-refractivity contribution in [3.8, 4) is 11.5 Å². The highest BCUT2D eigenvalue weighted by Crippen LogP contribution is 2.50. The Bertz CT molecular complexity index is 826. The van der Waals surface area contributed by atoms with Crippen molar-refractivity contribution < 1.29 is 19.0 Å². The summed E-state index contributed by atoms with van der Waals surface area (Å²) in [5, 5.41) is 0. The first-order chi connectivity index (χ1) is 12.6. The van der Waals surface area contributed by atoms with Gasteiger partial charge in [-0.05, 0) is 54.2 Å². The fourth-order valence-corrected chi connectivity index (χ4v) is 3.74. The van der Waals surface area contributed by atoms with Gasteiger partial charge in [-0.15, -0.1) is 0 Å². The Kier molecular flexibility index (Phi) is 5.03. The van der Waals surface area contributed by atoms with Crippen molar-refractivity contribution in [2.75, 3.05) is 20.8 Å². The van der Waals surface area contributed by atoms with Crippen molar-refractivity contribution >= 4 is 11.5 Å². The number of hydrogen-bond acceptors (Lipinski definition) is 4. The molecule has 4 nitrogen and oxygen atoms in total. The van der Waals surface area contributed by atoms with Gasteiger partial charge in [0.1, 0.15) is 5.41 Å². The van der Waals surface area contributed by atoms with Crippen LogP contribution in [0.4, 0.5) is 0 Å². The smallest absolute Gasteiger partial charge is 0.321 e. The number of esters is 1. The minimum Gasteiger partial charge on any atom is -0.493 e. The molecule has 2 aromatic carbocycles. The number of methoxy groups -OCH3 is 2. The van der Waals surface area contributed by atoms with E-state index in [1.54, 1.807) is 14.2 Å². The highest BCUT2D eigenvalue weighted by Gasteiger charge is 2.47. The zero-order valence-corrected chi connectivity index (χ0v) is 15.5. The molecule has 0 aromatic heterocycles. The lowest BCUT2D eigenvalue weighted by Gasteiger charge is -2.38. The van der Waals surface area contributed by atoms with Crippen LogP contribution >= 0.6 is 0 Å². The van der Waals surface area contributed by atoms with Gasteiger partial charge >= 0.3 is 5.97 Å². The quantitative estimate of drug-likeness (QED) is 0.750. The van der Waals surface area contributed by atoms with E-state index in [2.05, 4.69) is 6.58 Å². The van der Waals surface area contributed by atoms with E-state index in [9.17, 15) is 4.79 Å². The Hall–Kier alpha value is -2.75. The average Bonchev–Trinajstić information content (AvgIpc) is 2.68. The van der Waals surface area contributed by atoms with E-state index in [-0.39, 0.29) is 5.97 Å². The zero-order valence-electron chi connectivity index (χ0n) is 15.5. The topological polar surface area (TPSA) is 44.8 Å². The minimum absolute atomic E-state index is 0.243. The number of allylic oxidation sites excluding steroid dienone is 1. The molecule has 0 aliphatic heterocycles. The van der Waals surface area contributed by atoms with E-state index < -0.39 is 5.41 Å². The summed E-state index contributed by atoms with van der Waals surface area (Å²) in [6.45, 7) is 6.36. The van der Waals surface area contributed by atoms with Gasteiger partial charge in [0.25, 0.3) is 0 Å². The summed E-state index contributed by atoms with van der Waals surface area (Å²) >= 11 is 0. The molecule has 0 spiro atoms. The van der Waals surface area contributed by atoms with Crippen molar-refractivity contribution in [2.24, 2.45) is 0 Å². The Morgan fingerprint density at radius 1 is 1.12 bits per heavy atom. The third-order valence-corrected chi connectivity index (χ3v) is 5.06. The van der Waals surface area contributed by atoms with E-state index >= 15 is 0 Å². The predicted octanol–water partition coefficient (Wildman–Crippen LogP) is 4.36. The fourth-order valence-electron chi connectivity index (χ4n) is 3.74. The molecule has 3 rings (SSSR count). The van der Waals surface area contributed by atoms with E-state index in [0.717, 1.165) is 22.3 Å². The molecule has 0 saturated carbocycles. The lowest BCUT2D eigenvalue weighted by Crippen LogP contribution is -2.41. The number of ether oxygens (including phenoxy) is 3. The second-order valence-electron chi connectivity index (χ2n) is 6.35. The molecular formula is C22H24O4. The van der Waals surface area contributed by atoms with Crippen molar-refractivity contribution in [1.29, 1.82) is 0 Å². The van der Waals surface area contributed by atoms with Gasteiger partial charge in [0.15, 0.2) is 11.5 Å². The minimum atomic E-state index is -0.882. The summed E-state index contributed by atoms with van der Waals surface area (Å²) in [6.07, 6.45) is 1.31. The van der Waals surface area contributed by atoms with Gasteiger partial charge in [-0.25, -0.2) is 0 Å². The molecule has 0 amide bonds. The molecule has 0 bridgehead atoms. The predicted molar refractivity (Wildman–Crippen MR) is 102 cm³/mol. The van der Waals surface area contributed by atoms with Gasteiger partial charge < -0.3 is 14.2 Å². The fraction of sp³-hybridized carbons (Fsp3) is 0.318. The van der Waals surface area contributed by atoms with Crippen molar-refractivity contribution in [3.05, 3.63) is 65.7 Å². The molecule has 4 heteroatoms. The van der Waals surface area contributed by atoms with Crippen LogP contribution in [0.3, 0.4) is 0 Å². The number of rotatable bonds is 5. The van der Waals surface area contributed by atoms with Gasteiger partial charge in [0, 0.05) is 0 Å². The third-order valence-electron chi connectivity index (χ3n) is 5.06. The summed E-state index contributed by atoms with van der Waals surface area (Å²) < 4.78 is 16.5. The van der Waals surface area contributed by atoms with Crippen molar-refractivity contribution in [1.82, 2.24) is 0 Å². The van der Waals surface area contributed by atoms with E-state index in [4.69, 9.17) is 14.2 Å². The van der Waals surface area contributed by atoms with Gasteiger partial charge in [-0.3, -0.25) is 4.79 Å². The third kappa shape index (κ3) is 2.75. The monoisotopic (exact) mass is 352 g/mol. The second kappa shape index (κ2) is 7.24. The highest BCUT2D eigenvalue weighted by molar-refractivity contribution is 5.92. The molecule has 26 heavy (non-hydrogen) atoms. The van der Waals surface area contributed by atoms with E-state index in [0.29, 0.717) is 30.9 Å². The second-order valence-corrected chi connectivity index (χ2v) is 6.35. The maximum atomic E-state index is 13.2. The number of fused-ring (bicyclic) bond motifs is 1. The lowest BCUT2D eigenvalue weighted by atomic mass is 9.64. The van der Waals surface area contributed by atoms with Crippen LogP contribution < -0.4 is 9.47 Å². The molecule has 0 saturated heterocycles. The molecule has 0 fully saturated rings. The molecule has 1 unspecified atom stereocenters. The summed E-state index contributed by atoms with van der Waals surface area (Å²) in [5.74, 6) is 0.970. The van der Waals surface area contributed by atoms with Gasteiger partial charge in [0.05, 0.1) is 20.8 Å². The molecule has 1 aliphatic carbocycles. The van der Waals surface area contributed by atoms with Crippen molar-refractivity contribution in [2.45, 2.75) is 25.2 Å². The molecular weight excluding hydrogens is 328 g/mol. The molecule has 1 atom stereocenters. The lowest BCUT2D eigenvalue weighted by molar-refractivity contribution is -0.148. The Morgan fingerprint density at radius 3 is 2.38 bits per heavy atom. The van der Waals surface area contributed by atoms with E-state index in [1.807, 2.05) is 49.4 Å². The van der Waals surface area contributed by atoms with E-state index in [1.165, 1.54) is 0 Å². The Balaban J connectivity index is 2.33. The van der Waals surface area contributed by atoms with Crippen LogP contribution in [0.15, 0.2) is 49.0 Å². The average molecular weight is 352 g/mol. The van der Waals surface area contributed by atoms with Crippen molar-refractivity contribution in [3.63, 3.8) is 0 Å². The maximum Gasteiger partial charge on any atom is 0.321 e.